The molecule has 2 aromatic heterocycles. The molecule has 6 nitrogen and oxygen atoms in total. The van der Waals surface area contributed by atoms with Crippen molar-refractivity contribution < 1.29 is 18.4 Å². The Morgan fingerprint density at radius 1 is 0.950 bits per heavy atom. The van der Waals surface area contributed by atoms with E-state index in [0.29, 0.717) is 46.7 Å². The lowest BCUT2D eigenvalue weighted by Gasteiger charge is -2.14. The Morgan fingerprint density at radius 2 is 1.68 bits per heavy atom. The van der Waals surface area contributed by atoms with Gasteiger partial charge in [-0.25, -0.2) is 4.39 Å². The van der Waals surface area contributed by atoms with Crippen LogP contribution in [0.3, 0.4) is 0 Å². The summed E-state index contributed by atoms with van der Waals surface area (Å²) in [5, 5.41) is 3.62. The summed E-state index contributed by atoms with van der Waals surface area (Å²) in [7, 11) is 0. The molecule has 5 rings (SSSR count). The van der Waals surface area contributed by atoms with Gasteiger partial charge in [-0.15, -0.1) is 0 Å². The second kappa shape index (κ2) is 11.1. The second-order valence-corrected chi connectivity index (χ2v) is 10.4. The van der Waals surface area contributed by atoms with Crippen LogP contribution in [-0.4, -0.2) is 23.3 Å². The molecule has 0 radical (unpaired) electrons. The molecule has 2 heterocycles. The number of hydrogen-bond donors (Lipinski definition) is 2. The number of rotatable bonds is 8. The van der Waals surface area contributed by atoms with Crippen LogP contribution in [0.1, 0.15) is 51.3 Å². The minimum atomic E-state index is -0.629. The average Bonchev–Trinajstić information content (AvgIpc) is 3.31. The van der Waals surface area contributed by atoms with Crippen LogP contribution < -0.4 is 11.1 Å². The summed E-state index contributed by atoms with van der Waals surface area (Å²) in [6, 6.07) is 19.2. The van der Waals surface area contributed by atoms with Gasteiger partial charge in [0, 0.05) is 41.0 Å². The van der Waals surface area contributed by atoms with Gasteiger partial charge in [0.25, 0.3) is 11.8 Å². The highest BCUT2D eigenvalue weighted by Gasteiger charge is 2.21. The van der Waals surface area contributed by atoms with Crippen molar-refractivity contribution in [3.63, 3.8) is 0 Å². The van der Waals surface area contributed by atoms with Gasteiger partial charge in [-0.2, -0.15) is 0 Å². The normalized spacial score (nSPS) is 11.2. The van der Waals surface area contributed by atoms with E-state index in [1.807, 2.05) is 43.3 Å². The van der Waals surface area contributed by atoms with E-state index in [9.17, 15) is 14.0 Å². The van der Waals surface area contributed by atoms with Crippen molar-refractivity contribution in [2.45, 2.75) is 27.2 Å². The lowest BCUT2D eigenvalue weighted by molar-refractivity contribution is 0.0948. The van der Waals surface area contributed by atoms with E-state index < -0.39 is 5.91 Å². The van der Waals surface area contributed by atoms with Crippen molar-refractivity contribution in [3.05, 3.63) is 113 Å². The summed E-state index contributed by atoms with van der Waals surface area (Å²) in [6.07, 6.45) is 4.06. The van der Waals surface area contributed by atoms with Crippen LogP contribution in [0, 0.1) is 18.7 Å². The number of fused-ring (bicyclic) bond motifs is 1. The fraction of sp³-hybridized carbons (Fsp3) is 0.182. The van der Waals surface area contributed by atoms with Crippen molar-refractivity contribution in [2.75, 3.05) is 6.54 Å². The summed E-state index contributed by atoms with van der Waals surface area (Å²) in [6.45, 7) is 6.64. The highest BCUT2D eigenvalue weighted by atomic mass is 19.1. The number of carbonyl (C=O) groups excluding carboxylic acids is 2. The second-order valence-electron chi connectivity index (χ2n) is 10.4. The van der Waals surface area contributed by atoms with Crippen LogP contribution in [0.2, 0.25) is 0 Å². The number of carbonyl (C=O) groups is 2. The maximum atomic E-state index is 13.5. The number of aryl methyl sites for hydroxylation is 1. The number of hydrogen-bond acceptors (Lipinski definition) is 4. The van der Waals surface area contributed by atoms with Gasteiger partial charge < -0.3 is 15.5 Å². The number of furan rings is 1. The first-order valence-electron chi connectivity index (χ1n) is 13.1. The average molecular weight is 536 g/mol. The van der Waals surface area contributed by atoms with E-state index in [2.05, 4.69) is 24.1 Å². The molecule has 3 aromatic carbocycles. The van der Waals surface area contributed by atoms with Crippen molar-refractivity contribution in [1.82, 2.24) is 10.3 Å². The molecule has 0 unspecified atom stereocenters. The number of aromatic nitrogens is 1. The molecule has 3 N–H and O–H groups in total. The van der Waals surface area contributed by atoms with Gasteiger partial charge in [0.1, 0.15) is 17.2 Å². The van der Waals surface area contributed by atoms with Crippen LogP contribution in [0.15, 0.2) is 83.5 Å². The van der Waals surface area contributed by atoms with Gasteiger partial charge in [0.2, 0.25) is 0 Å². The number of primary amides is 1. The Morgan fingerprint density at radius 3 is 2.38 bits per heavy atom. The Labute approximate surface area is 232 Å². The van der Waals surface area contributed by atoms with Crippen LogP contribution in [-0.2, 0) is 6.42 Å². The zero-order chi connectivity index (χ0) is 28.4. The summed E-state index contributed by atoms with van der Waals surface area (Å²) in [4.78, 5) is 30.0. The zero-order valence-electron chi connectivity index (χ0n) is 22.6. The maximum Gasteiger partial charge on any atom is 0.253 e. The third kappa shape index (κ3) is 5.64. The minimum absolute atomic E-state index is 0.141. The molecule has 0 spiro atoms. The fourth-order valence-corrected chi connectivity index (χ4v) is 4.77. The van der Waals surface area contributed by atoms with E-state index in [1.165, 1.54) is 12.1 Å². The van der Waals surface area contributed by atoms with Crippen molar-refractivity contribution in [3.8, 4) is 22.5 Å². The molecule has 0 aliphatic heterocycles. The Kier molecular flexibility index (Phi) is 7.47. The number of halogens is 1. The number of nitrogens with two attached hydrogens (primary N) is 1. The van der Waals surface area contributed by atoms with Gasteiger partial charge in [-0.05, 0) is 90.0 Å². The molecular formula is C33H30FN3O3. The van der Waals surface area contributed by atoms with Crippen LogP contribution in [0.25, 0.3) is 33.4 Å². The monoisotopic (exact) mass is 535 g/mol. The Balaban J connectivity index is 1.53. The SMILES string of the molecule is Cc1cncc(-c2ccc(Cc3ccc4oc(-c5ccc(F)cc5)c(C(N)=O)c4c3)cc2C(=O)NCC(C)C)c1. The topological polar surface area (TPSA) is 98.2 Å². The molecule has 0 saturated heterocycles. The molecule has 5 aromatic rings. The number of amides is 2. The van der Waals surface area contributed by atoms with Gasteiger partial charge in [0.15, 0.2) is 0 Å². The lowest BCUT2D eigenvalue weighted by Crippen LogP contribution is -2.27. The predicted molar refractivity (Wildman–Crippen MR) is 155 cm³/mol. The molecule has 0 atom stereocenters. The molecule has 7 heteroatoms. The number of pyridine rings is 1. The van der Waals surface area contributed by atoms with Gasteiger partial charge >= 0.3 is 0 Å². The molecule has 0 fully saturated rings. The highest BCUT2D eigenvalue weighted by Crippen LogP contribution is 2.35. The van der Waals surface area contributed by atoms with Crippen LogP contribution in [0.5, 0.6) is 0 Å². The predicted octanol–water partition coefficient (Wildman–Crippen LogP) is 6.68. The number of nitrogens with one attached hydrogen (secondary N) is 1. The smallest absolute Gasteiger partial charge is 0.253 e. The quantitative estimate of drug-likeness (QED) is 0.231. The first kappa shape index (κ1) is 26.8. The molecular weight excluding hydrogens is 505 g/mol. The minimum Gasteiger partial charge on any atom is -0.455 e. The summed E-state index contributed by atoms with van der Waals surface area (Å²) >= 11 is 0. The molecule has 0 saturated carbocycles. The summed E-state index contributed by atoms with van der Waals surface area (Å²) < 4.78 is 19.5. The van der Waals surface area contributed by atoms with Crippen LogP contribution >= 0.6 is 0 Å². The maximum absolute atomic E-state index is 13.5. The highest BCUT2D eigenvalue weighted by molar-refractivity contribution is 6.10. The number of nitrogens with zero attached hydrogens (tertiary/aromatic N) is 1. The standard InChI is InChI=1S/C33H30FN3O3/c1-19(2)16-37-33(39)27-14-21(4-10-26(27)24-12-20(3)17-36-18-24)13-22-5-11-29-28(15-22)30(32(35)38)31(40-29)23-6-8-25(34)9-7-23/h4-12,14-15,17-19H,13,16H2,1-3H3,(H2,35,38)(H,37,39). The van der Waals surface area contributed by atoms with E-state index in [-0.39, 0.29) is 17.3 Å². The van der Waals surface area contributed by atoms with Crippen molar-refractivity contribution in [1.29, 1.82) is 0 Å². The molecule has 202 valence electrons. The van der Waals surface area contributed by atoms with Gasteiger partial charge in [-0.3, -0.25) is 14.6 Å². The van der Waals surface area contributed by atoms with E-state index in [1.54, 1.807) is 30.6 Å². The van der Waals surface area contributed by atoms with Crippen molar-refractivity contribution in [2.24, 2.45) is 11.7 Å². The number of benzene rings is 3. The molecule has 0 aliphatic rings. The molecule has 0 bridgehead atoms. The fourth-order valence-electron chi connectivity index (χ4n) is 4.77. The lowest BCUT2D eigenvalue weighted by atomic mass is 9.94. The first-order chi connectivity index (χ1) is 19.2. The summed E-state index contributed by atoms with van der Waals surface area (Å²) in [5.41, 5.74) is 12.2. The van der Waals surface area contributed by atoms with Gasteiger partial charge in [0.05, 0.1) is 5.56 Å². The van der Waals surface area contributed by atoms with Crippen LogP contribution in [0.4, 0.5) is 4.39 Å². The molecule has 2 amide bonds. The zero-order valence-corrected chi connectivity index (χ0v) is 22.6. The Bertz CT molecular complexity index is 1720. The van der Waals surface area contributed by atoms with E-state index >= 15 is 0 Å². The van der Waals surface area contributed by atoms with E-state index in [4.69, 9.17) is 10.2 Å². The largest absolute Gasteiger partial charge is 0.455 e. The molecule has 40 heavy (non-hydrogen) atoms. The third-order valence-corrected chi connectivity index (χ3v) is 6.70. The van der Waals surface area contributed by atoms with Gasteiger partial charge in [-0.1, -0.05) is 32.0 Å². The summed E-state index contributed by atoms with van der Waals surface area (Å²) in [5.74, 6) is -0.533. The Hall–Kier alpha value is -4.78. The molecule has 0 aliphatic carbocycles. The third-order valence-electron chi connectivity index (χ3n) is 6.70. The van der Waals surface area contributed by atoms with Crippen molar-refractivity contribution >= 4 is 22.8 Å². The van der Waals surface area contributed by atoms with E-state index in [0.717, 1.165) is 27.8 Å². The first-order valence-corrected chi connectivity index (χ1v) is 13.1.